The van der Waals surface area contributed by atoms with Gasteiger partial charge < -0.3 is 14.6 Å². The molecule has 0 aromatic heterocycles. The number of rotatable bonds is 5. The third kappa shape index (κ3) is 3.25. The second kappa shape index (κ2) is 6.75. The number of fused-ring (bicyclic) bond motifs is 1. The van der Waals surface area contributed by atoms with Crippen molar-refractivity contribution in [3.63, 3.8) is 0 Å². The summed E-state index contributed by atoms with van der Waals surface area (Å²) in [7, 11) is 0. The predicted molar refractivity (Wildman–Crippen MR) is 86.6 cm³/mol. The molecule has 1 aromatic rings. The number of aliphatic hydroxyl groups is 1. The number of hydrogen-bond donors (Lipinski definition) is 1. The van der Waals surface area contributed by atoms with Crippen LogP contribution in [0.15, 0.2) is 18.2 Å². The normalized spacial score (nSPS) is 28.6. The van der Waals surface area contributed by atoms with Crippen molar-refractivity contribution in [2.45, 2.75) is 13.3 Å². The van der Waals surface area contributed by atoms with Gasteiger partial charge in [-0.1, -0.05) is 17.7 Å². The molecule has 2 atom stereocenters. The van der Waals surface area contributed by atoms with E-state index >= 15 is 0 Å². The van der Waals surface area contributed by atoms with E-state index in [9.17, 15) is 5.11 Å². The Morgan fingerprint density at radius 1 is 1.50 bits per heavy atom. The quantitative estimate of drug-likeness (QED) is 0.902. The van der Waals surface area contributed by atoms with Gasteiger partial charge in [-0.3, -0.25) is 4.90 Å². The Morgan fingerprint density at radius 2 is 2.36 bits per heavy atom. The molecule has 2 saturated heterocycles. The molecule has 0 amide bonds. The van der Waals surface area contributed by atoms with Crippen LogP contribution in [0.1, 0.15) is 12.0 Å². The standard InChI is InChI=1S/C17H24ClNO3/c1-13-2-3-15(18)16(8-13)22-7-5-19-9-14-10-21-6-4-17(14,11-19)12-20/h2-3,8,14,20H,4-7,9-12H2,1H3/t14-,17-/m1/s1. The van der Waals surface area contributed by atoms with E-state index < -0.39 is 0 Å². The lowest BCUT2D eigenvalue weighted by molar-refractivity contribution is -0.0417. The molecule has 22 heavy (non-hydrogen) atoms. The maximum Gasteiger partial charge on any atom is 0.138 e. The Kier molecular flexibility index (Phi) is 4.93. The van der Waals surface area contributed by atoms with Crippen molar-refractivity contribution in [1.29, 1.82) is 0 Å². The zero-order chi connectivity index (χ0) is 15.6. The molecule has 0 radical (unpaired) electrons. The highest BCUT2D eigenvalue weighted by atomic mass is 35.5. The van der Waals surface area contributed by atoms with Gasteiger partial charge in [0.05, 0.1) is 18.2 Å². The van der Waals surface area contributed by atoms with Gasteiger partial charge in [-0.25, -0.2) is 0 Å². The molecule has 2 heterocycles. The summed E-state index contributed by atoms with van der Waals surface area (Å²) in [5, 5.41) is 10.5. The highest BCUT2D eigenvalue weighted by Gasteiger charge is 2.47. The van der Waals surface area contributed by atoms with Crippen molar-refractivity contribution in [1.82, 2.24) is 4.90 Å². The van der Waals surface area contributed by atoms with Gasteiger partial charge in [0.2, 0.25) is 0 Å². The minimum atomic E-state index is 0.0270. The Morgan fingerprint density at radius 3 is 3.14 bits per heavy atom. The first-order valence-corrected chi connectivity index (χ1v) is 8.31. The Bertz CT molecular complexity index is 525. The fourth-order valence-electron chi connectivity index (χ4n) is 3.59. The van der Waals surface area contributed by atoms with Crippen LogP contribution in [0, 0.1) is 18.3 Å². The molecule has 0 bridgehead atoms. The van der Waals surface area contributed by atoms with E-state index in [0.29, 0.717) is 17.5 Å². The molecule has 4 nitrogen and oxygen atoms in total. The smallest absolute Gasteiger partial charge is 0.138 e. The van der Waals surface area contributed by atoms with E-state index in [1.54, 1.807) is 0 Å². The number of likely N-dealkylation sites (tertiary alicyclic amines) is 1. The Hall–Kier alpha value is -0.810. The molecule has 1 N–H and O–H groups in total. The van der Waals surface area contributed by atoms with Crippen molar-refractivity contribution in [2.75, 3.05) is 46.1 Å². The van der Waals surface area contributed by atoms with Gasteiger partial charge in [0.1, 0.15) is 12.4 Å². The first kappa shape index (κ1) is 16.1. The zero-order valence-corrected chi connectivity index (χ0v) is 13.8. The number of benzene rings is 1. The van der Waals surface area contributed by atoms with Gasteiger partial charge in [-0.2, -0.15) is 0 Å². The maximum atomic E-state index is 9.81. The van der Waals surface area contributed by atoms with E-state index in [1.165, 1.54) is 0 Å². The van der Waals surface area contributed by atoms with Crippen LogP contribution >= 0.6 is 11.6 Å². The number of hydrogen-bond acceptors (Lipinski definition) is 4. The van der Waals surface area contributed by atoms with E-state index in [2.05, 4.69) is 4.90 Å². The lowest BCUT2D eigenvalue weighted by atomic mass is 9.75. The highest BCUT2D eigenvalue weighted by Crippen LogP contribution is 2.41. The van der Waals surface area contributed by atoms with Gasteiger partial charge in [0, 0.05) is 37.6 Å². The lowest BCUT2D eigenvalue weighted by Crippen LogP contribution is -2.41. The van der Waals surface area contributed by atoms with Gasteiger partial charge in [-0.15, -0.1) is 0 Å². The predicted octanol–water partition coefficient (Wildman–Crippen LogP) is 2.36. The van der Waals surface area contributed by atoms with Crippen LogP contribution in [0.25, 0.3) is 0 Å². The van der Waals surface area contributed by atoms with Crippen LogP contribution in [-0.4, -0.2) is 56.1 Å². The number of ether oxygens (including phenoxy) is 2. The maximum absolute atomic E-state index is 9.81. The molecule has 1 aromatic carbocycles. The van der Waals surface area contributed by atoms with Crippen molar-refractivity contribution in [3.8, 4) is 5.75 Å². The van der Waals surface area contributed by atoms with Crippen molar-refractivity contribution in [3.05, 3.63) is 28.8 Å². The van der Waals surface area contributed by atoms with Crippen molar-refractivity contribution >= 4 is 11.6 Å². The fraction of sp³-hybridized carbons (Fsp3) is 0.647. The molecule has 2 aliphatic heterocycles. The minimum absolute atomic E-state index is 0.0270. The average molecular weight is 326 g/mol. The summed E-state index contributed by atoms with van der Waals surface area (Å²) in [5.74, 6) is 1.19. The largest absolute Gasteiger partial charge is 0.491 e. The third-order valence-corrected chi connectivity index (χ3v) is 5.33. The van der Waals surface area contributed by atoms with Gasteiger partial charge in [-0.05, 0) is 31.0 Å². The van der Waals surface area contributed by atoms with E-state index in [0.717, 1.165) is 50.6 Å². The minimum Gasteiger partial charge on any atom is -0.491 e. The molecule has 0 unspecified atom stereocenters. The molecule has 0 aliphatic carbocycles. The molecular formula is C17H24ClNO3. The van der Waals surface area contributed by atoms with Gasteiger partial charge >= 0.3 is 0 Å². The summed E-state index contributed by atoms with van der Waals surface area (Å²) in [6.45, 7) is 7.18. The highest BCUT2D eigenvalue weighted by molar-refractivity contribution is 6.32. The first-order valence-electron chi connectivity index (χ1n) is 7.93. The molecule has 122 valence electrons. The topological polar surface area (TPSA) is 41.9 Å². The monoisotopic (exact) mass is 325 g/mol. The number of aryl methyl sites for hydroxylation is 1. The van der Waals surface area contributed by atoms with E-state index in [4.69, 9.17) is 21.1 Å². The summed E-state index contributed by atoms with van der Waals surface area (Å²) in [5.41, 5.74) is 1.17. The Balaban J connectivity index is 1.53. The molecule has 3 rings (SSSR count). The van der Waals surface area contributed by atoms with Gasteiger partial charge in [0.15, 0.2) is 0 Å². The van der Waals surface area contributed by atoms with Crippen LogP contribution in [0.5, 0.6) is 5.75 Å². The van der Waals surface area contributed by atoms with Crippen LogP contribution < -0.4 is 4.74 Å². The summed E-state index contributed by atoms with van der Waals surface area (Å²) in [6, 6.07) is 5.81. The van der Waals surface area contributed by atoms with E-state index in [1.807, 2.05) is 25.1 Å². The molecular weight excluding hydrogens is 302 g/mol. The van der Waals surface area contributed by atoms with Crippen LogP contribution in [-0.2, 0) is 4.74 Å². The zero-order valence-electron chi connectivity index (χ0n) is 13.1. The SMILES string of the molecule is Cc1ccc(Cl)c(OCCN2C[C@@H]3COCC[C@]3(CO)C2)c1. The molecule has 5 heteroatoms. The van der Waals surface area contributed by atoms with Gasteiger partial charge in [0.25, 0.3) is 0 Å². The number of halogens is 1. The summed E-state index contributed by atoms with van der Waals surface area (Å²) in [6.07, 6.45) is 0.954. The summed E-state index contributed by atoms with van der Waals surface area (Å²) >= 11 is 6.15. The molecule has 2 fully saturated rings. The fourth-order valence-corrected chi connectivity index (χ4v) is 3.76. The van der Waals surface area contributed by atoms with Crippen LogP contribution in [0.4, 0.5) is 0 Å². The van der Waals surface area contributed by atoms with Crippen molar-refractivity contribution in [2.24, 2.45) is 11.3 Å². The second-order valence-electron chi connectivity index (χ2n) is 6.56. The van der Waals surface area contributed by atoms with Crippen molar-refractivity contribution < 1.29 is 14.6 Å². The first-order chi connectivity index (χ1) is 10.6. The summed E-state index contributed by atoms with van der Waals surface area (Å²) in [4.78, 5) is 2.37. The lowest BCUT2D eigenvalue weighted by Gasteiger charge is -2.36. The average Bonchev–Trinajstić information content (AvgIpc) is 2.89. The second-order valence-corrected chi connectivity index (χ2v) is 6.97. The molecule has 0 spiro atoms. The van der Waals surface area contributed by atoms with E-state index in [-0.39, 0.29) is 12.0 Å². The third-order valence-electron chi connectivity index (χ3n) is 5.01. The molecule has 2 aliphatic rings. The number of aliphatic hydroxyl groups excluding tert-OH is 1. The summed E-state index contributed by atoms with van der Waals surface area (Å²) < 4.78 is 11.4. The Labute approximate surface area is 137 Å². The number of nitrogens with zero attached hydrogens (tertiary/aromatic N) is 1. The molecule has 0 saturated carbocycles. The van der Waals surface area contributed by atoms with Crippen LogP contribution in [0.3, 0.4) is 0 Å². The van der Waals surface area contributed by atoms with Crippen LogP contribution in [0.2, 0.25) is 5.02 Å².